The van der Waals surface area contributed by atoms with Gasteiger partial charge in [0.2, 0.25) is 11.8 Å². The van der Waals surface area contributed by atoms with Crippen molar-refractivity contribution in [3.63, 3.8) is 0 Å². The van der Waals surface area contributed by atoms with Crippen molar-refractivity contribution >= 4 is 33.4 Å². The molecule has 34 heavy (non-hydrogen) atoms. The molecule has 0 spiro atoms. The van der Waals surface area contributed by atoms with E-state index in [1.807, 2.05) is 11.0 Å². The van der Waals surface area contributed by atoms with E-state index in [9.17, 15) is 9.59 Å². The van der Waals surface area contributed by atoms with Gasteiger partial charge in [-0.3, -0.25) is 9.59 Å². The van der Waals surface area contributed by atoms with E-state index in [2.05, 4.69) is 37.4 Å². The van der Waals surface area contributed by atoms with Crippen LogP contribution in [0.2, 0.25) is 0 Å². The molecule has 1 unspecified atom stereocenters. The van der Waals surface area contributed by atoms with Crippen LogP contribution in [0.4, 0.5) is 0 Å². The van der Waals surface area contributed by atoms with Crippen LogP contribution < -0.4 is 5.32 Å². The summed E-state index contributed by atoms with van der Waals surface area (Å²) in [6.45, 7) is 5.62. The third-order valence-corrected chi connectivity index (χ3v) is 10.4. The Morgan fingerprint density at radius 3 is 2.24 bits per heavy atom. The molecule has 6 heteroatoms. The number of likely N-dealkylation sites (tertiary alicyclic amines) is 1. The molecule has 0 radical (unpaired) electrons. The number of nitrogens with zero attached hydrogens (tertiary/aromatic N) is 2. The molecule has 182 valence electrons. The summed E-state index contributed by atoms with van der Waals surface area (Å²) in [5.41, 5.74) is 0.871. The molecule has 4 aliphatic carbocycles. The highest BCUT2D eigenvalue weighted by Crippen LogP contribution is 2.60. The van der Waals surface area contributed by atoms with Crippen molar-refractivity contribution in [2.24, 2.45) is 29.1 Å². The maximum absolute atomic E-state index is 13.6. The molecular weight excluding hydrogens is 442 g/mol. The predicted molar refractivity (Wildman–Crippen MR) is 136 cm³/mol. The van der Waals surface area contributed by atoms with Crippen LogP contribution in [-0.2, 0) is 9.59 Å². The van der Waals surface area contributed by atoms with Crippen molar-refractivity contribution < 1.29 is 9.59 Å². The van der Waals surface area contributed by atoms with Crippen LogP contribution >= 0.6 is 11.3 Å². The minimum Gasteiger partial charge on any atom is -0.344 e. The van der Waals surface area contributed by atoms with Crippen molar-refractivity contribution in [3.05, 3.63) is 29.3 Å². The minimum atomic E-state index is -0.417. The van der Waals surface area contributed by atoms with Gasteiger partial charge in [0.05, 0.1) is 15.2 Å². The summed E-state index contributed by atoms with van der Waals surface area (Å²) in [6.07, 6.45) is 8.97. The summed E-state index contributed by atoms with van der Waals surface area (Å²) in [7, 11) is 0. The Hall–Kier alpha value is -1.95. The highest BCUT2D eigenvalue weighted by molar-refractivity contribution is 7.18. The summed E-state index contributed by atoms with van der Waals surface area (Å²) in [5.74, 6) is 2.97. The van der Waals surface area contributed by atoms with E-state index in [1.165, 1.54) is 29.0 Å². The lowest BCUT2D eigenvalue weighted by Crippen LogP contribution is -2.59. The molecule has 2 heterocycles. The van der Waals surface area contributed by atoms with Crippen LogP contribution in [0.25, 0.3) is 10.2 Å². The van der Waals surface area contributed by atoms with E-state index in [1.54, 1.807) is 11.3 Å². The van der Waals surface area contributed by atoms with Crippen LogP contribution in [-0.4, -0.2) is 40.8 Å². The molecular formula is C28H37N3O2S. The number of benzene rings is 1. The van der Waals surface area contributed by atoms with Gasteiger partial charge in [0, 0.05) is 24.4 Å². The maximum atomic E-state index is 13.6. The minimum absolute atomic E-state index is 0.0901. The van der Waals surface area contributed by atoms with Crippen LogP contribution in [0.1, 0.15) is 76.1 Å². The van der Waals surface area contributed by atoms with E-state index in [4.69, 9.17) is 4.98 Å². The molecule has 4 saturated carbocycles. The second kappa shape index (κ2) is 8.61. The molecule has 7 rings (SSSR count). The van der Waals surface area contributed by atoms with Crippen LogP contribution in [0.5, 0.6) is 0 Å². The zero-order chi connectivity index (χ0) is 23.4. The summed E-state index contributed by atoms with van der Waals surface area (Å²) < 4.78 is 1.24. The SMILES string of the molecule is CC(C)C(NC(=O)C12CC3CC(CC(C3)C1)C2)C(=O)N1CCC(c2nc3ccccc3s2)CC1. The van der Waals surface area contributed by atoms with E-state index in [-0.39, 0.29) is 23.1 Å². The van der Waals surface area contributed by atoms with Gasteiger partial charge >= 0.3 is 0 Å². The fourth-order valence-electron chi connectivity index (χ4n) is 7.80. The van der Waals surface area contributed by atoms with Gasteiger partial charge in [-0.2, -0.15) is 0 Å². The van der Waals surface area contributed by atoms with Gasteiger partial charge in [0.15, 0.2) is 0 Å². The molecule has 2 amide bonds. The maximum Gasteiger partial charge on any atom is 0.245 e. The Morgan fingerprint density at radius 1 is 1.03 bits per heavy atom. The molecule has 1 aromatic heterocycles. The van der Waals surface area contributed by atoms with Crippen molar-refractivity contribution in [1.29, 1.82) is 0 Å². The summed E-state index contributed by atoms with van der Waals surface area (Å²) >= 11 is 1.79. The fraction of sp³-hybridized carbons (Fsp3) is 0.679. The average Bonchev–Trinajstić information content (AvgIpc) is 3.25. The zero-order valence-corrected chi connectivity index (χ0v) is 21.3. The van der Waals surface area contributed by atoms with Gasteiger partial charge in [-0.15, -0.1) is 11.3 Å². The van der Waals surface area contributed by atoms with Gasteiger partial charge in [0.1, 0.15) is 6.04 Å². The standard InChI is InChI=1S/C28H37N3O2S/c1-17(2)24(30-27(33)28-14-18-11-19(15-28)13-20(12-18)16-28)26(32)31-9-7-21(8-10-31)25-29-22-5-3-4-6-23(22)34-25/h3-6,17-21,24H,7-16H2,1-2H3,(H,30,33). The van der Waals surface area contributed by atoms with Crippen LogP contribution in [0.3, 0.4) is 0 Å². The highest BCUT2D eigenvalue weighted by atomic mass is 32.1. The molecule has 2 aromatic rings. The van der Waals surface area contributed by atoms with Gasteiger partial charge in [-0.1, -0.05) is 26.0 Å². The number of aromatic nitrogens is 1. The van der Waals surface area contributed by atoms with Crippen LogP contribution in [0.15, 0.2) is 24.3 Å². The number of rotatable bonds is 5. The molecule has 4 bridgehead atoms. The topological polar surface area (TPSA) is 62.3 Å². The second-order valence-electron chi connectivity index (χ2n) is 12.0. The second-order valence-corrected chi connectivity index (χ2v) is 13.1. The largest absolute Gasteiger partial charge is 0.344 e. The van der Waals surface area contributed by atoms with Gasteiger partial charge in [0.25, 0.3) is 0 Å². The number of nitrogens with one attached hydrogen (secondary N) is 1. The predicted octanol–water partition coefficient (Wildman–Crippen LogP) is 5.36. The average molecular weight is 480 g/mol. The number of carbonyl (C=O) groups is 2. The number of piperidine rings is 1. The first kappa shape index (κ1) is 22.5. The van der Waals surface area contributed by atoms with Gasteiger partial charge < -0.3 is 10.2 Å². The Balaban J connectivity index is 1.11. The smallest absolute Gasteiger partial charge is 0.245 e. The quantitative estimate of drug-likeness (QED) is 0.628. The Kier molecular flexibility index (Phi) is 5.70. The van der Waals surface area contributed by atoms with E-state index >= 15 is 0 Å². The number of thiazole rings is 1. The number of carbonyl (C=O) groups excluding carboxylic acids is 2. The molecule has 1 atom stereocenters. The molecule has 1 saturated heterocycles. The Morgan fingerprint density at radius 2 is 1.65 bits per heavy atom. The number of para-hydroxylation sites is 1. The lowest BCUT2D eigenvalue weighted by atomic mass is 9.49. The van der Waals surface area contributed by atoms with Gasteiger partial charge in [-0.05, 0) is 87.2 Å². The number of amides is 2. The van der Waals surface area contributed by atoms with Gasteiger partial charge in [-0.25, -0.2) is 4.98 Å². The number of hydrogen-bond donors (Lipinski definition) is 1. The molecule has 5 nitrogen and oxygen atoms in total. The summed E-state index contributed by atoms with van der Waals surface area (Å²) in [5, 5.41) is 4.49. The first-order valence-corrected chi connectivity index (χ1v) is 14.2. The normalized spacial score (nSPS) is 31.9. The van der Waals surface area contributed by atoms with Crippen molar-refractivity contribution in [2.75, 3.05) is 13.1 Å². The molecule has 5 fully saturated rings. The first-order chi connectivity index (χ1) is 16.4. The Bertz CT molecular complexity index is 1020. The lowest BCUT2D eigenvalue weighted by Gasteiger charge is -2.56. The lowest BCUT2D eigenvalue weighted by molar-refractivity contribution is -0.150. The molecule has 1 N–H and O–H groups in total. The van der Waals surface area contributed by atoms with Crippen molar-refractivity contribution in [2.45, 2.75) is 77.2 Å². The van der Waals surface area contributed by atoms with Crippen molar-refractivity contribution in [3.8, 4) is 0 Å². The fourth-order valence-corrected chi connectivity index (χ4v) is 8.94. The monoisotopic (exact) mass is 479 g/mol. The molecule has 1 aromatic carbocycles. The molecule has 5 aliphatic rings. The third kappa shape index (κ3) is 3.96. The van der Waals surface area contributed by atoms with Crippen LogP contribution in [0, 0.1) is 29.1 Å². The first-order valence-electron chi connectivity index (χ1n) is 13.4. The van der Waals surface area contributed by atoms with Crippen molar-refractivity contribution in [1.82, 2.24) is 15.2 Å². The Labute approximate surface area is 206 Å². The number of fused-ring (bicyclic) bond motifs is 1. The zero-order valence-electron chi connectivity index (χ0n) is 20.5. The highest BCUT2D eigenvalue weighted by Gasteiger charge is 2.55. The third-order valence-electron chi connectivity index (χ3n) is 9.21. The summed E-state index contributed by atoms with van der Waals surface area (Å²) in [6, 6.07) is 7.90. The van der Waals surface area contributed by atoms with E-state index in [0.29, 0.717) is 5.92 Å². The molecule has 1 aliphatic heterocycles. The van der Waals surface area contributed by atoms with E-state index < -0.39 is 6.04 Å². The summed E-state index contributed by atoms with van der Waals surface area (Å²) in [4.78, 5) is 34.1. The number of hydrogen-bond acceptors (Lipinski definition) is 4. The van der Waals surface area contributed by atoms with E-state index in [0.717, 1.165) is 68.5 Å².